The smallest absolute Gasteiger partial charge is 0.416 e. The van der Waals surface area contributed by atoms with Crippen molar-refractivity contribution >= 4 is 12.0 Å². The maximum Gasteiger partial charge on any atom is 0.416 e. The number of benzene rings is 1. The van der Waals surface area contributed by atoms with E-state index in [0.29, 0.717) is 6.42 Å². The number of nitrogens with zero attached hydrogens (tertiary/aromatic N) is 2. The topological polar surface area (TPSA) is 70.4 Å². The Hall–Kier alpha value is -2.35. The molecular formula is C19H22N2O3. The highest BCUT2D eigenvalue weighted by Gasteiger charge is 2.43. The van der Waals surface area contributed by atoms with Gasteiger partial charge in [-0.05, 0) is 30.7 Å². The predicted octanol–water partition coefficient (Wildman–Crippen LogP) is 3.30. The van der Waals surface area contributed by atoms with Crippen molar-refractivity contribution in [2.45, 2.75) is 44.6 Å². The number of rotatable bonds is 5. The van der Waals surface area contributed by atoms with E-state index >= 15 is 0 Å². The zero-order chi connectivity index (χ0) is 16.9. The molecule has 1 saturated heterocycles. The van der Waals surface area contributed by atoms with Crippen LogP contribution in [-0.2, 0) is 16.0 Å². The van der Waals surface area contributed by atoms with Crippen LogP contribution in [0.2, 0.25) is 0 Å². The second kappa shape index (κ2) is 7.48. The lowest BCUT2D eigenvalue weighted by molar-refractivity contribution is -0.135. The fourth-order valence-corrected chi connectivity index (χ4v) is 3.86. The van der Waals surface area contributed by atoms with Crippen molar-refractivity contribution in [2.24, 2.45) is 11.8 Å². The third-order valence-electron chi connectivity index (χ3n) is 5.11. The molecule has 0 N–H and O–H groups in total. The summed E-state index contributed by atoms with van der Waals surface area (Å²) in [6.45, 7) is 0.226. The first kappa shape index (κ1) is 16.5. The van der Waals surface area contributed by atoms with Gasteiger partial charge in [0.15, 0.2) is 0 Å². The lowest BCUT2D eigenvalue weighted by atomic mass is 9.87. The molecule has 2 atom stereocenters. The van der Waals surface area contributed by atoms with Gasteiger partial charge < -0.3 is 4.74 Å². The summed E-state index contributed by atoms with van der Waals surface area (Å²) in [5, 5.41) is 9.12. The second-order valence-electron chi connectivity index (χ2n) is 6.64. The Morgan fingerprint density at radius 2 is 2.00 bits per heavy atom. The number of hydrogen-bond acceptors (Lipinski definition) is 4. The minimum atomic E-state index is -0.568. The van der Waals surface area contributed by atoms with Crippen LogP contribution in [0.3, 0.4) is 0 Å². The maximum absolute atomic E-state index is 13.0. The average molecular weight is 326 g/mol. The van der Waals surface area contributed by atoms with Crippen molar-refractivity contribution in [3.05, 3.63) is 35.9 Å². The first-order valence-electron chi connectivity index (χ1n) is 8.61. The van der Waals surface area contributed by atoms with Gasteiger partial charge in [0.05, 0.1) is 18.0 Å². The highest BCUT2D eigenvalue weighted by Crippen LogP contribution is 2.35. The van der Waals surface area contributed by atoms with Gasteiger partial charge in [-0.15, -0.1) is 0 Å². The molecule has 126 valence electrons. The molecule has 2 unspecified atom stereocenters. The molecule has 2 fully saturated rings. The van der Waals surface area contributed by atoms with Crippen LogP contribution in [0.25, 0.3) is 0 Å². The number of hydrogen-bond donors (Lipinski definition) is 0. The Morgan fingerprint density at radius 3 is 2.67 bits per heavy atom. The summed E-state index contributed by atoms with van der Waals surface area (Å²) >= 11 is 0. The lowest BCUT2D eigenvalue weighted by Gasteiger charge is -2.27. The molecule has 2 amide bonds. The van der Waals surface area contributed by atoms with Crippen LogP contribution in [0, 0.1) is 23.2 Å². The Balaban J connectivity index is 1.76. The standard InChI is InChI=1S/C19H22N2O3/c20-11-10-17(15-8-4-5-9-15)18(22)21-16(13-24-19(21)23)12-14-6-2-1-3-7-14/h1-3,6-7,15-17H,4-5,8-10,12-13H2. The third-order valence-corrected chi connectivity index (χ3v) is 5.11. The molecule has 1 aromatic rings. The normalized spacial score (nSPS) is 22.2. The minimum absolute atomic E-state index is 0.172. The second-order valence-corrected chi connectivity index (χ2v) is 6.64. The molecule has 0 bridgehead atoms. The lowest BCUT2D eigenvalue weighted by Crippen LogP contribution is -2.45. The molecule has 0 aromatic heterocycles. The summed E-state index contributed by atoms with van der Waals surface area (Å²) < 4.78 is 5.15. The number of ether oxygens (including phenoxy) is 1. The van der Waals surface area contributed by atoms with Gasteiger partial charge in [0.25, 0.3) is 0 Å². The van der Waals surface area contributed by atoms with Gasteiger partial charge in [-0.2, -0.15) is 5.26 Å². The fraction of sp³-hybridized carbons (Fsp3) is 0.526. The summed E-state index contributed by atoms with van der Waals surface area (Å²) in [6.07, 6.45) is 4.31. The van der Waals surface area contributed by atoms with Crippen molar-refractivity contribution in [1.82, 2.24) is 4.90 Å². The van der Waals surface area contributed by atoms with Gasteiger partial charge >= 0.3 is 6.09 Å². The minimum Gasteiger partial charge on any atom is -0.447 e. The number of carbonyl (C=O) groups excluding carboxylic acids is 2. The summed E-state index contributed by atoms with van der Waals surface area (Å²) in [4.78, 5) is 26.4. The van der Waals surface area contributed by atoms with Crippen molar-refractivity contribution in [3.8, 4) is 6.07 Å². The van der Waals surface area contributed by atoms with Gasteiger partial charge in [0.2, 0.25) is 5.91 Å². The van der Waals surface area contributed by atoms with Crippen molar-refractivity contribution in [3.63, 3.8) is 0 Å². The molecule has 0 radical (unpaired) electrons. The molecule has 1 aliphatic heterocycles. The first-order valence-corrected chi connectivity index (χ1v) is 8.61. The van der Waals surface area contributed by atoms with Gasteiger partial charge in [-0.3, -0.25) is 4.79 Å². The summed E-state index contributed by atoms with van der Waals surface area (Å²) in [7, 11) is 0. The van der Waals surface area contributed by atoms with E-state index in [1.165, 1.54) is 4.90 Å². The largest absolute Gasteiger partial charge is 0.447 e. The van der Waals surface area contributed by atoms with Crippen LogP contribution in [0.4, 0.5) is 4.79 Å². The van der Waals surface area contributed by atoms with Crippen LogP contribution < -0.4 is 0 Å². The van der Waals surface area contributed by atoms with Crippen LogP contribution in [0.15, 0.2) is 30.3 Å². The molecule has 0 spiro atoms. The zero-order valence-corrected chi connectivity index (χ0v) is 13.7. The molecule has 3 rings (SSSR count). The van der Waals surface area contributed by atoms with E-state index in [1.807, 2.05) is 30.3 Å². The molecule has 1 heterocycles. The number of imide groups is 1. The van der Waals surface area contributed by atoms with E-state index in [2.05, 4.69) is 6.07 Å². The molecule has 24 heavy (non-hydrogen) atoms. The first-order chi connectivity index (χ1) is 11.7. The molecule has 2 aliphatic rings. The number of cyclic esters (lactones) is 1. The van der Waals surface area contributed by atoms with Gasteiger partial charge in [0.1, 0.15) is 6.61 Å². The van der Waals surface area contributed by atoms with E-state index in [9.17, 15) is 9.59 Å². The molecule has 5 heteroatoms. The van der Waals surface area contributed by atoms with Gasteiger partial charge in [0, 0.05) is 6.42 Å². The Morgan fingerprint density at radius 1 is 1.29 bits per heavy atom. The highest BCUT2D eigenvalue weighted by atomic mass is 16.6. The maximum atomic E-state index is 13.0. The van der Waals surface area contributed by atoms with E-state index < -0.39 is 6.09 Å². The van der Waals surface area contributed by atoms with E-state index in [1.54, 1.807) is 0 Å². The van der Waals surface area contributed by atoms with Crippen LogP contribution in [0.1, 0.15) is 37.7 Å². The monoisotopic (exact) mass is 326 g/mol. The summed E-state index contributed by atoms with van der Waals surface area (Å²) in [6, 6.07) is 11.6. The Bertz CT molecular complexity index is 632. The number of carbonyl (C=O) groups is 2. The number of amides is 2. The van der Waals surface area contributed by atoms with Gasteiger partial charge in [-0.25, -0.2) is 9.69 Å². The van der Waals surface area contributed by atoms with E-state index in [4.69, 9.17) is 10.00 Å². The molecule has 1 aliphatic carbocycles. The Labute approximate surface area is 142 Å². The zero-order valence-electron chi connectivity index (χ0n) is 13.7. The van der Waals surface area contributed by atoms with Crippen LogP contribution in [-0.4, -0.2) is 29.5 Å². The Kier molecular flexibility index (Phi) is 5.14. The molecule has 5 nitrogen and oxygen atoms in total. The number of nitriles is 1. The van der Waals surface area contributed by atoms with Crippen molar-refractivity contribution in [1.29, 1.82) is 5.26 Å². The molecular weight excluding hydrogens is 304 g/mol. The van der Waals surface area contributed by atoms with Crippen LogP contribution in [0.5, 0.6) is 0 Å². The third kappa shape index (κ3) is 3.43. The SMILES string of the molecule is N#CCC(C(=O)N1C(=O)OCC1Cc1ccccc1)C1CCCC1. The van der Waals surface area contributed by atoms with E-state index in [0.717, 1.165) is 31.2 Å². The average Bonchev–Trinajstić information content (AvgIpc) is 3.23. The van der Waals surface area contributed by atoms with E-state index in [-0.39, 0.29) is 36.8 Å². The molecule has 1 saturated carbocycles. The quantitative estimate of drug-likeness (QED) is 0.832. The van der Waals surface area contributed by atoms with Crippen LogP contribution >= 0.6 is 0 Å². The van der Waals surface area contributed by atoms with Crippen molar-refractivity contribution < 1.29 is 14.3 Å². The summed E-state index contributed by atoms with van der Waals surface area (Å²) in [5.74, 6) is -0.406. The predicted molar refractivity (Wildman–Crippen MR) is 87.8 cm³/mol. The highest BCUT2D eigenvalue weighted by molar-refractivity contribution is 5.95. The van der Waals surface area contributed by atoms with Crippen molar-refractivity contribution in [2.75, 3.05) is 6.61 Å². The fourth-order valence-electron chi connectivity index (χ4n) is 3.86. The van der Waals surface area contributed by atoms with Gasteiger partial charge in [-0.1, -0.05) is 43.2 Å². The summed E-state index contributed by atoms with van der Waals surface area (Å²) in [5.41, 5.74) is 1.07. The molecule has 1 aromatic carbocycles.